The highest BCUT2D eigenvalue weighted by Gasteiger charge is 2.35. The monoisotopic (exact) mass is 283 g/mol. The van der Waals surface area contributed by atoms with Crippen molar-refractivity contribution >= 4 is 5.78 Å². The molecule has 0 spiro atoms. The van der Waals surface area contributed by atoms with Crippen LogP contribution in [0.5, 0.6) is 0 Å². The topological polar surface area (TPSA) is 67.1 Å². The molecule has 1 aromatic rings. The lowest BCUT2D eigenvalue weighted by Gasteiger charge is -2.35. The van der Waals surface area contributed by atoms with Crippen LogP contribution in [0.3, 0.4) is 0 Å². The fraction of sp³-hybridized carbons (Fsp3) is 0.375. The molecular weight excluding hydrogens is 266 g/mol. The Labute approximate surface area is 122 Å². The van der Waals surface area contributed by atoms with Crippen LogP contribution in [-0.4, -0.2) is 26.5 Å². The Bertz CT molecular complexity index is 683. The van der Waals surface area contributed by atoms with E-state index in [0.717, 1.165) is 18.5 Å². The van der Waals surface area contributed by atoms with E-state index in [2.05, 4.69) is 22.5 Å². The van der Waals surface area contributed by atoms with Gasteiger partial charge in [-0.2, -0.15) is 0 Å². The van der Waals surface area contributed by atoms with Gasteiger partial charge in [-0.1, -0.05) is 24.3 Å². The van der Waals surface area contributed by atoms with Crippen molar-refractivity contribution in [2.75, 3.05) is 0 Å². The average Bonchev–Trinajstić information content (AvgIpc) is 2.95. The van der Waals surface area contributed by atoms with Gasteiger partial charge in [0.25, 0.3) is 0 Å². The quantitative estimate of drug-likeness (QED) is 0.758. The Kier molecular flexibility index (Phi) is 2.82. The van der Waals surface area contributed by atoms with Crippen molar-refractivity contribution in [1.29, 1.82) is 0 Å². The average molecular weight is 283 g/mol. The minimum absolute atomic E-state index is 0.0274. The van der Waals surface area contributed by atoms with Gasteiger partial charge in [-0.05, 0) is 12.8 Å². The fourth-order valence-corrected chi connectivity index (χ4v) is 3.44. The molecule has 2 aliphatic carbocycles. The maximum Gasteiger partial charge on any atom is 0.163 e. The van der Waals surface area contributed by atoms with Gasteiger partial charge in [-0.3, -0.25) is 4.79 Å². The molecule has 0 radical (unpaired) electrons. The Balaban J connectivity index is 1.90. The second-order valence-corrected chi connectivity index (χ2v) is 5.69. The Morgan fingerprint density at radius 3 is 3.05 bits per heavy atom. The lowest BCUT2D eigenvalue weighted by Crippen LogP contribution is -2.41. The largest absolute Gasteiger partial charge is 0.380 e. The molecule has 0 fully saturated rings. The van der Waals surface area contributed by atoms with Crippen LogP contribution >= 0.6 is 0 Å². The molecule has 108 valence electrons. The number of Topliss-reactive ketones (excluding diaryl/α,β-unsaturated/α-hetero) is 1. The zero-order valence-electron chi connectivity index (χ0n) is 11.6. The number of ketones is 1. The minimum Gasteiger partial charge on any atom is -0.380 e. The van der Waals surface area contributed by atoms with Gasteiger partial charge in [0, 0.05) is 24.5 Å². The smallest absolute Gasteiger partial charge is 0.163 e. The van der Waals surface area contributed by atoms with Crippen molar-refractivity contribution in [3.63, 3.8) is 0 Å². The highest BCUT2D eigenvalue weighted by atomic mass is 16.3. The highest BCUT2D eigenvalue weighted by molar-refractivity contribution is 5.97. The minimum atomic E-state index is -0.949. The number of rotatable bonds is 0. The number of aromatic nitrogens is 2. The second-order valence-electron chi connectivity index (χ2n) is 5.69. The zero-order valence-corrected chi connectivity index (χ0v) is 11.6. The molecule has 4 rings (SSSR count). The van der Waals surface area contributed by atoms with E-state index in [9.17, 15) is 9.90 Å². The summed E-state index contributed by atoms with van der Waals surface area (Å²) in [6.07, 6.45) is 12.9. The van der Waals surface area contributed by atoms with Crippen LogP contribution in [0.25, 0.3) is 0 Å². The van der Waals surface area contributed by atoms with E-state index in [4.69, 9.17) is 0 Å². The third-order valence-corrected chi connectivity index (χ3v) is 4.44. The molecular formula is C16H17N3O2. The third-order valence-electron chi connectivity index (χ3n) is 4.44. The second kappa shape index (κ2) is 4.70. The third kappa shape index (κ3) is 1.88. The number of nitrogens with one attached hydrogen (secondary N) is 1. The van der Waals surface area contributed by atoms with Crippen molar-refractivity contribution < 1.29 is 9.90 Å². The number of imidazole rings is 1. The van der Waals surface area contributed by atoms with Crippen LogP contribution in [-0.2, 0) is 4.79 Å². The summed E-state index contributed by atoms with van der Waals surface area (Å²) < 4.78 is 1.95. The zero-order chi connectivity index (χ0) is 14.4. The van der Waals surface area contributed by atoms with Crippen molar-refractivity contribution in [3.05, 3.63) is 53.8 Å². The molecule has 21 heavy (non-hydrogen) atoms. The summed E-state index contributed by atoms with van der Waals surface area (Å²) in [7, 11) is 0. The number of carbonyl (C=O) groups is 1. The summed E-state index contributed by atoms with van der Waals surface area (Å²) in [5, 5.41) is 14.1. The Morgan fingerprint density at radius 1 is 1.29 bits per heavy atom. The van der Waals surface area contributed by atoms with Gasteiger partial charge in [0.2, 0.25) is 0 Å². The number of allylic oxidation sites excluding steroid dienone is 3. The number of aliphatic hydroxyl groups is 1. The standard InChI is InChI=1S/C16H17N3O2/c20-13-7-3-5-11-14(13)15(21)16-17-8-9-19(16)12-6-2-1-4-10(12)18-11/h1-2,4,6,8-10,12,15,18,21H,3,5,7H2. The summed E-state index contributed by atoms with van der Waals surface area (Å²) in [6.45, 7) is 0. The number of carbonyl (C=O) groups excluding carboxylic acids is 1. The van der Waals surface area contributed by atoms with Gasteiger partial charge in [0.15, 0.2) is 5.78 Å². The SMILES string of the molecule is O=C1CCCC2=C1C(O)c1nccn1C1C=CC=CC1N2. The summed E-state index contributed by atoms with van der Waals surface area (Å²) in [6, 6.07) is 0.138. The molecule has 0 saturated heterocycles. The molecule has 3 aliphatic rings. The van der Waals surface area contributed by atoms with Crippen molar-refractivity contribution in [3.8, 4) is 0 Å². The van der Waals surface area contributed by atoms with E-state index in [1.54, 1.807) is 6.20 Å². The molecule has 2 N–H and O–H groups in total. The summed E-state index contributed by atoms with van der Waals surface area (Å²) in [5.41, 5.74) is 1.37. The van der Waals surface area contributed by atoms with Crippen LogP contribution in [0.15, 0.2) is 48.0 Å². The molecule has 1 aromatic heterocycles. The van der Waals surface area contributed by atoms with E-state index in [1.165, 1.54) is 0 Å². The number of aliphatic hydroxyl groups excluding tert-OH is 1. The van der Waals surface area contributed by atoms with E-state index in [-0.39, 0.29) is 17.9 Å². The first-order valence-electron chi connectivity index (χ1n) is 7.34. The van der Waals surface area contributed by atoms with Crippen LogP contribution in [0.1, 0.15) is 37.2 Å². The lowest BCUT2D eigenvalue weighted by molar-refractivity contribution is -0.117. The number of fused-ring (bicyclic) bond motifs is 3. The lowest BCUT2D eigenvalue weighted by atomic mass is 9.88. The summed E-state index contributed by atoms with van der Waals surface area (Å²) >= 11 is 0. The molecule has 1 aliphatic heterocycles. The van der Waals surface area contributed by atoms with Crippen molar-refractivity contribution in [2.24, 2.45) is 0 Å². The Hall–Kier alpha value is -2.14. The van der Waals surface area contributed by atoms with Gasteiger partial charge < -0.3 is 15.0 Å². The molecule has 3 atom stereocenters. The fourth-order valence-electron chi connectivity index (χ4n) is 3.44. The van der Waals surface area contributed by atoms with E-state index in [0.29, 0.717) is 17.8 Å². The van der Waals surface area contributed by atoms with E-state index >= 15 is 0 Å². The maximum atomic E-state index is 12.3. The van der Waals surface area contributed by atoms with Gasteiger partial charge in [-0.15, -0.1) is 0 Å². The molecule has 0 aromatic carbocycles. The first-order valence-corrected chi connectivity index (χ1v) is 7.34. The predicted molar refractivity (Wildman–Crippen MR) is 77.3 cm³/mol. The van der Waals surface area contributed by atoms with Gasteiger partial charge >= 0.3 is 0 Å². The molecule has 0 bridgehead atoms. The Morgan fingerprint density at radius 2 is 2.14 bits per heavy atom. The first-order chi connectivity index (χ1) is 10.3. The molecule has 3 unspecified atom stereocenters. The summed E-state index contributed by atoms with van der Waals surface area (Å²) in [5.74, 6) is 0.578. The normalized spacial score (nSPS) is 30.9. The number of hydrogen-bond donors (Lipinski definition) is 2. The summed E-state index contributed by atoms with van der Waals surface area (Å²) in [4.78, 5) is 16.6. The van der Waals surface area contributed by atoms with Gasteiger partial charge in [0.05, 0.1) is 17.7 Å². The van der Waals surface area contributed by atoms with Gasteiger partial charge in [0.1, 0.15) is 11.9 Å². The van der Waals surface area contributed by atoms with Crippen LogP contribution < -0.4 is 5.32 Å². The maximum absolute atomic E-state index is 12.3. The molecule has 5 nitrogen and oxygen atoms in total. The number of nitrogens with zero attached hydrogens (tertiary/aromatic N) is 2. The van der Waals surface area contributed by atoms with Crippen LogP contribution in [0.4, 0.5) is 0 Å². The molecule has 2 heterocycles. The van der Waals surface area contributed by atoms with Crippen molar-refractivity contribution in [2.45, 2.75) is 37.5 Å². The van der Waals surface area contributed by atoms with E-state index < -0.39 is 6.10 Å². The van der Waals surface area contributed by atoms with Crippen molar-refractivity contribution in [1.82, 2.24) is 14.9 Å². The molecule has 5 heteroatoms. The van der Waals surface area contributed by atoms with E-state index in [1.807, 2.05) is 22.9 Å². The molecule has 0 amide bonds. The number of hydrogen-bond acceptors (Lipinski definition) is 4. The first kappa shape index (κ1) is 12.6. The van der Waals surface area contributed by atoms with Gasteiger partial charge in [-0.25, -0.2) is 4.98 Å². The predicted octanol–water partition coefficient (Wildman–Crippen LogP) is 1.56. The molecule has 0 saturated carbocycles. The highest BCUT2D eigenvalue weighted by Crippen LogP contribution is 2.35. The van der Waals surface area contributed by atoms with Crippen LogP contribution in [0.2, 0.25) is 0 Å². The van der Waals surface area contributed by atoms with Crippen LogP contribution in [0, 0.1) is 0 Å².